The van der Waals surface area contributed by atoms with Crippen LogP contribution in [0, 0.1) is 12.7 Å². The fourth-order valence-corrected chi connectivity index (χ4v) is 3.16. The van der Waals surface area contributed by atoms with E-state index in [9.17, 15) is 17.6 Å². The molecule has 0 fully saturated rings. The molecule has 0 N–H and O–H groups in total. The number of ether oxygens (including phenoxy) is 2. The van der Waals surface area contributed by atoms with E-state index in [0.29, 0.717) is 5.75 Å². The summed E-state index contributed by atoms with van der Waals surface area (Å²) in [5.41, 5.74) is 0.937. The molecule has 0 atom stereocenters. The first-order valence-electron chi connectivity index (χ1n) is 7.86. The molecule has 0 saturated heterocycles. The smallest absolute Gasteiger partial charge is 0.321 e. The largest absolute Gasteiger partial charge is 0.490 e. The van der Waals surface area contributed by atoms with E-state index in [4.69, 9.17) is 9.47 Å². The third-order valence-electron chi connectivity index (χ3n) is 3.51. The second-order valence-electron chi connectivity index (χ2n) is 5.60. The van der Waals surface area contributed by atoms with E-state index in [1.807, 2.05) is 6.92 Å². The Kier molecular flexibility index (Phi) is 6.70. The van der Waals surface area contributed by atoms with Gasteiger partial charge < -0.3 is 9.47 Å². The minimum Gasteiger partial charge on any atom is -0.490 e. The normalized spacial score (nSPS) is 11.4. The SMILES string of the molecule is Cc1ccc(S(=O)(=O)N(C)CC(=O)OCCOc2ccc(F)cc2)cc1. The zero-order valence-electron chi connectivity index (χ0n) is 14.5. The maximum Gasteiger partial charge on any atom is 0.321 e. The summed E-state index contributed by atoms with van der Waals surface area (Å²) < 4.78 is 48.7. The number of hydrogen-bond donors (Lipinski definition) is 0. The third-order valence-corrected chi connectivity index (χ3v) is 5.33. The van der Waals surface area contributed by atoms with Crippen molar-refractivity contribution in [3.8, 4) is 5.75 Å². The van der Waals surface area contributed by atoms with Crippen molar-refractivity contribution in [2.45, 2.75) is 11.8 Å². The van der Waals surface area contributed by atoms with Gasteiger partial charge in [0.15, 0.2) is 0 Å². The number of esters is 1. The Morgan fingerprint density at radius 2 is 1.65 bits per heavy atom. The molecule has 0 aliphatic heterocycles. The zero-order chi connectivity index (χ0) is 19.2. The van der Waals surface area contributed by atoms with Crippen molar-refractivity contribution >= 4 is 16.0 Å². The van der Waals surface area contributed by atoms with Gasteiger partial charge in [0, 0.05) is 7.05 Å². The van der Waals surface area contributed by atoms with Crippen molar-refractivity contribution in [1.82, 2.24) is 4.31 Å². The van der Waals surface area contributed by atoms with Crippen molar-refractivity contribution in [3.63, 3.8) is 0 Å². The lowest BCUT2D eigenvalue weighted by molar-refractivity contribution is -0.144. The van der Waals surface area contributed by atoms with Crippen LogP contribution in [0.25, 0.3) is 0 Å². The minimum absolute atomic E-state index is 0.0470. The van der Waals surface area contributed by atoms with Crippen LogP contribution in [0.5, 0.6) is 5.75 Å². The molecular weight excluding hydrogens is 361 g/mol. The lowest BCUT2D eigenvalue weighted by atomic mass is 10.2. The summed E-state index contributed by atoms with van der Waals surface area (Å²) in [6, 6.07) is 11.8. The first-order valence-corrected chi connectivity index (χ1v) is 9.30. The molecule has 8 heteroatoms. The summed E-state index contributed by atoms with van der Waals surface area (Å²) in [5.74, 6) is -0.617. The van der Waals surface area contributed by atoms with Gasteiger partial charge in [-0.2, -0.15) is 4.31 Å². The topological polar surface area (TPSA) is 72.9 Å². The van der Waals surface area contributed by atoms with Crippen molar-refractivity contribution in [3.05, 3.63) is 59.9 Å². The van der Waals surface area contributed by atoms with Crippen LogP contribution in [-0.2, 0) is 19.6 Å². The molecular formula is C18H20FNO5S. The molecule has 0 radical (unpaired) electrons. The number of benzene rings is 2. The molecule has 26 heavy (non-hydrogen) atoms. The quantitative estimate of drug-likeness (QED) is 0.519. The van der Waals surface area contributed by atoms with Crippen LogP contribution in [0.3, 0.4) is 0 Å². The summed E-state index contributed by atoms with van der Waals surface area (Å²) >= 11 is 0. The molecule has 0 unspecified atom stereocenters. The van der Waals surface area contributed by atoms with Crippen LogP contribution >= 0.6 is 0 Å². The van der Waals surface area contributed by atoms with E-state index in [0.717, 1.165) is 9.87 Å². The molecule has 0 spiro atoms. The standard InChI is InChI=1S/C18H20FNO5S/c1-14-3-9-17(10-4-14)26(22,23)20(2)13-18(21)25-12-11-24-16-7-5-15(19)6-8-16/h3-10H,11-13H2,1-2H3. The predicted molar refractivity (Wildman–Crippen MR) is 93.8 cm³/mol. The van der Waals surface area contributed by atoms with E-state index in [-0.39, 0.29) is 23.9 Å². The molecule has 2 aromatic rings. The zero-order valence-corrected chi connectivity index (χ0v) is 15.3. The van der Waals surface area contributed by atoms with Crippen molar-refractivity contribution in [2.75, 3.05) is 26.8 Å². The maximum absolute atomic E-state index is 12.8. The Hall–Kier alpha value is -2.45. The lowest BCUT2D eigenvalue weighted by Crippen LogP contribution is -2.33. The van der Waals surface area contributed by atoms with Gasteiger partial charge in [-0.05, 0) is 43.3 Å². The first-order chi connectivity index (χ1) is 12.3. The Morgan fingerprint density at radius 1 is 1.04 bits per heavy atom. The number of carbonyl (C=O) groups is 1. The summed E-state index contributed by atoms with van der Waals surface area (Å²) in [5, 5.41) is 0. The van der Waals surface area contributed by atoms with Gasteiger partial charge in [0.1, 0.15) is 31.3 Å². The molecule has 0 heterocycles. The van der Waals surface area contributed by atoms with E-state index in [1.54, 1.807) is 12.1 Å². The molecule has 2 rings (SSSR count). The number of aryl methyl sites for hydroxylation is 1. The average molecular weight is 381 g/mol. The van der Waals surface area contributed by atoms with Crippen molar-refractivity contribution < 1.29 is 27.1 Å². The number of carbonyl (C=O) groups excluding carboxylic acids is 1. The van der Waals surface area contributed by atoms with Gasteiger partial charge in [-0.25, -0.2) is 12.8 Å². The van der Waals surface area contributed by atoms with Gasteiger partial charge in [-0.15, -0.1) is 0 Å². The van der Waals surface area contributed by atoms with Crippen LogP contribution in [0.2, 0.25) is 0 Å². The molecule has 0 bridgehead atoms. The Bertz CT molecular complexity index is 835. The number of hydrogen-bond acceptors (Lipinski definition) is 5. The molecule has 0 aliphatic rings. The number of halogens is 1. The molecule has 140 valence electrons. The van der Waals surface area contributed by atoms with Crippen molar-refractivity contribution in [1.29, 1.82) is 0 Å². The molecule has 0 saturated carbocycles. The van der Waals surface area contributed by atoms with Crippen molar-refractivity contribution in [2.24, 2.45) is 0 Å². The second kappa shape index (κ2) is 8.77. The van der Waals surface area contributed by atoms with Crippen LogP contribution in [0.1, 0.15) is 5.56 Å². The predicted octanol–water partition coefficient (Wildman–Crippen LogP) is 2.38. The highest BCUT2D eigenvalue weighted by Crippen LogP contribution is 2.15. The highest BCUT2D eigenvalue weighted by Gasteiger charge is 2.23. The second-order valence-corrected chi connectivity index (χ2v) is 7.64. The fourth-order valence-electron chi connectivity index (χ4n) is 2.05. The van der Waals surface area contributed by atoms with Crippen LogP contribution in [0.15, 0.2) is 53.4 Å². The number of nitrogens with zero attached hydrogens (tertiary/aromatic N) is 1. The average Bonchev–Trinajstić information content (AvgIpc) is 2.60. The van der Waals surface area contributed by atoms with E-state index < -0.39 is 22.5 Å². The highest BCUT2D eigenvalue weighted by atomic mass is 32.2. The van der Waals surface area contributed by atoms with Gasteiger partial charge in [0.2, 0.25) is 10.0 Å². The Balaban J connectivity index is 1.79. The minimum atomic E-state index is -3.76. The fraction of sp³-hybridized carbons (Fsp3) is 0.278. The summed E-state index contributed by atoms with van der Waals surface area (Å²) in [7, 11) is -2.45. The molecule has 0 aliphatic carbocycles. The number of rotatable bonds is 8. The number of likely N-dealkylation sites (N-methyl/N-ethyl adjacent to an activating group) is 1. The van der Waals surface area contributed by atoms with Gasteiger partial charge in [0.25, 0.3) is 0 Å². The van der Waals surface area contributed by atoms with E-state index in [1.165, 1.54) is 43.4 Å². The Morgan fingerprint density at radius 3 is 2.27 bits per heavy atom. The van der Waals surface area contributed by atoms with Gasteiger partial charge in [0.05, 0.1) is 4.90 Å². The first kappa shape index (κ1) is 19.9. The van der Waals surface area contributed by atoms with Gasteiger partial charge >= 0.3 is 5.97 Å². The lowest BCUT2D eigenvalue weighted by Gasteiger charge is -2.16. The van der Waals surface area contributed by atoms with Gasteiger partial charge in [-0.1, -0.05) is 17.7 Å². The van der Waals surface area contributed by atoms with Gasteiger partial charge in [-0.3, -0.25) is 4.79 Å². The van der Waals surface area contributed by atoms with Crippen LogP contribution < -0.4 is 4.74 Å². The summed E-state index contributed by atoms with van der Waals surface area (Å²) in [4.78, 5) is 11.9. The molecule has 2 aromatic carbocycles. The van der Waals surface area contributed by atoms with Crippen LogP contribution in [0.4, 0.5) is 4.39 Å². The summed E-state index contributed by atoms with van der Waals surface area (Å²) in [6.45, 7) is 1.47. The highest BCUT2D eigenvalue weighted by molar-refractivity contribution is 7.89. The number of sulfonamides is 1. The monoisotopic (exact) mass is 381 g/mol. The summed E-state index contributed by atoms with van der Waals surface area (Å²) in [6.07, 6.45) is 0. The maximum atomic E-state index is 12.8. The molecule has 6 nitrogen and oxygen atoms in total. The third kappa shape index (κ3) is 5.53. The van der Waals surface area contributed by atoms with E-state index in [2.05, 4.69) is 0 Å². The molecule has 0 amide bonds. The van der Waals surface area contributed by atoms with Crippen LogP contribution in [-0.4, -0.2) is 45.5 Å². The molecule has 0 aromatic heterocycles. The van der Waals surface area contributed by atoms with E-state index >= 15 is 0 Å². The Labute approximate surface area is 152 Å².